The van der Waals surface area contributed by atoms with Gasteiger partial charge in [-0.3, -0.25) is 9.59 Å². The Hall–Kier alpha value is -1.32. The molecule has 0 spiro atoms. The topological polar surface area (TPSA) is 52.6 Å². The fourth-order valence-corrected chi connectivity index (χ4v) is 3.07. The molecule has 4 heteroatoms. The Kier molecular flexibility index (Phi) is 20.4. The average Bonchev–Trinajstić information content (AvgIpc) is 2.68. The minimum atomic E-state index is -0.228. The molecule has 0 saturated heterocycles. The molecule has 0 aromatic carbocycles. The Bertz CT molecular complexity index is 415. The summed E-state index contributed by atoms with van der Waals surface area (Å²) in [4.78, 5) is 23.2. The normalized spacial score (nSPS) is 11.3. The fourth-order valence-electron chi connectivity index (χ4n) is 3.07. The predicted octanol–water partition coefficient (Wildman–Crippen LogP) is 7.16. The zero-order valence-corrected chi connectivity index (χ0v) is 19.4. The second kappa shape index (κ2) is 21.4. The lowest BCUT2D eigenvalue weighted by Gasteiger charge is -2.06. The molecule has 0 aromatic heterocycles. The van der Waals surface area contributed by atoms with Gasteiger partial charge in [-0.05, 0) is 44.4 Å². The summed E-state index contributed by atoms with van der Waals surface area (Å²) in [5.41, 5.74) is 0. The molecule has 0 aliphatic carbocycles. The maximum absolute atomic E-state index is 11.7. The highest BCUT2D eigenvalue weighted by molar-refractivity contribution is 5.72. The number of allylic oxidation sites excluding steroid dienone is 1. The molecule has 0 aromatic rings. The van der Waals surface area contributed by atoms with Crippen molar-refractivity contribution in [1.29, 1.82) is 0 Å². The SMILES string of the molecule is CCCCCCCCCC/C=C/CCOC(=O)CCCC(=O)OCCCC(C)C. The maximum Gasteiger partial charge on any atom is 0.305 e. The first kappa shape index (κ1) is 27.7. The Labute approximate surface area is 179 Å². The highest BCUT2D eigenvalue weighted by atomic mass is 16.5. The number of unbranched alkanes of at least 4 members (excludes halogenated alkanes) is 8. The van der Waals surface area contributed by atoms with Crippen LogP contribution >= 0.6 is 0 Å². The van der Waals surface area contributed by atoms with E-state index in [2.05, 4.69) is 32.9 Å². The van der Waals surface area contributed by atoms with E-state index in [0.717, 1.165) is 25.7 Å². The van der Waals surface area contributed by atoms with Crippen molar-refractivity contribution in [1.82, 2.24) is 0 Å². The molecule has 0 aliphatic heterocycles. The van der Waals surface area contributed by atoms with Crippen LogP contribution in [0.1, 0.15) is 117 Å². The van der Waals surface area contributed by atoms with Crippen LogP contribution in [0.3, 0.4) is 0 Å². The standard InChI is InChI=1S/C25H46O4/c1-4-5-6-7-8-9-10-11-12-13-14-15-21-28-24(26)19-16-20-25(27)29-22-17-18-23(2)3/h13-14,23H,4-12,15-22H2,1-3H3/b14-13+. The van der Waals surface area contributed by atoms with Gasteiger partial charge < -0.3 is 9.47 Å². The summed E-state index contributed by atoms with van der Waals surface area (Å²) in [5, 5.41) is 0. The van der Waals surface area contributed by atoms with E-state index in [0.29, 0.717) is 25.6 Å². The molecule has 0 amide bonds. The van der Waals surface area contributed by atoms with Gasteiger partial charge in [-0.1, -0.05) is 77.9 Å². The van der Waals surface area contributed by atoms with Gasteiger partial charge in [0.25, 0.3) is 0 Å². The summed E-state index contributed by atoms with van der Waals surface area (Å²) in [6.07, 6.45) is 19.9. The molecule has 0 heterocycles. The smallest absolute Gasteiger partial charge is 0.305 e. The summed E-state index contributed by atoms with van der Waals surface area (Å²) in [6.45, 7) is 7.46. The van der Waals surface area contributed by atoms with E-state index in [9.17, 15) is 9.59 Å². The van der Waals surface area contributed by atoms with Crippen LogP contribution < -0.4 is 0 Å². The molecule has 0 rings (SSSR count). The van der Waals surface area contributed by atoms with Crippen molar-refractivity contribution >= 4 is 11.9 Å². The fraction of sp³-hybridized carbons (Fsp3) is 0.840. The molecule has 4 nitrogen and oxygen atoms in total. The van der Waals surface area contributed by atoms with Crippen LogP contribution in [0.2, 0.25) is 0 Å². The Morgan fingerprint density at radius 1 is 0.690 bits per heavy atom. The number of rotatable bonds is 20. The zero-order valence-electron chi connectivity index (χ0n) is 19.4. The van der Waals surface area contributed by atoms with Gasteiger partial charge in [-0.15, -0.1) is 0 Å². The van der Waals surface area contributed by atoms with Gasteiger partial charge in [0, 0.05) is 12.8 Å². The summed E-state index contributed by atoms with van der Waals surface area (Å²) in [6, 6.07) is 0. The van der Waals surface area contributed by atoms with Crippen LogP contribution in [0.25, 0.3) is 0 Å². The molecular weight excluding hydrogens is 364 g/mol. The molecule has 0 unspecified atom stereocenters. The quantitative estimate of drug-likeness (QED) is 0.121. The van der Waals surface area contributed by atoms with Crippen molar-refractivity contribution in [2.75, 3.05) is 13.2 Å². The van der Waals surface area contributed by atoms with Crippen molar-refractivity contribution in [3.05, 3.63) is 12.2 Å². The van der Waals surface area contributed by atoms with Gasteiger partial charge in [0.1, 0.15) is 0 Å². The first-order chi connectivity index (χ1) is 14.1. The van der Waals surface area contributed by atoms with Crippen LogP contribution in [0.15, 0.2) is 12.2 Å². The van der Waals surface area contributed by atoms with Crippen molar-refractivity contribution in [3.8, 4) is 0 Å². The largest absolute Gasteiger partial charge is 0.466 e. The Balaban J connectivity index is 3.38. The lowest BCUT2D eigenvalue weighted by atomic mass is 10.1. The lowest BCUT2D eigenvalue weighted by Crippen LogP contribution is -2.09. The van der Waals surface area contributed by atoms with Gasteiger partial charge in [0.15, 0.2) is 0 Å². The number of carbonyl (C=O) groups excluding carboxylic acids is 2. The van der Waals surface area contributed by atoms with E-state index in [1.54, 1.807) is 0 Å². The molecule has 170 valence electrons. The Morgan fingerprint density at radius 2 is 1.24 bits per heavy atom. The van der Waals surface area contributed by atoms with Crippen LogP contribution in [0.5, 0.6) is 0 Å². The third-order valence-corrected chi connectivity index (χ3v) is 4.89. The summed E-state index contributed by atoms with van der Waals surface area (Å²) >= 11 is 0. The van der Waals surface area contributed by atoms with Crippen molar-refractivity contribution in [2.24, 2.45) is 5.92 Å². The van der Waals surface area contributed by atoms with Crippen molar-refractivity contribution in [3.63, 3.8) is 0 Å². The van der Waals surface area contributed by atoms with Gasteiger partial charge in [0.05, 0.1) is 13.2 Å². The highest BCUT2D eigenvalue weighted by Gasteiger charge is 2.07. The van der Waals surface area contributed by atoms with Crippen molar-refractivity contribution < 1.29 is 19.1 Å². The molecular formula is C25H46O4. The number of carbonyl (C=O) groups is 2. The van der Waals surface area contributed by atoms with E-state index in [1.165, 1.54) is 51.4 Å². The van der Waals surface area contributed by atoms with E-state index in [4.69, 9.17) is 9.47 Å². The minimum Gasteiger partial charge on any atom is -0.466 e. The third kappa shape index (κ3) is 22.8. The number of ether oxygens (including phenoxy) is 2. The molecule has 0 radical (unpaired) electrons. The number of hydrogen-bond donors (Lipinski definition) is 0. The van der Waals surface area contributed by atoms with E-state index in [1.807, 2.05) is 0 Å². The lowest BCUT2D eigenvalue weighted by molar-refractivity contribution is -0.145. The first-order valence-electron chi connectivity index (χ1n) is 12.0. The minimum absolute atomic E-state index is 0.217. The third-order valence-electron chi connectivity index (χ3n) is 4.89. The van der Waals surface area contributed by atoms with E-state index in [-0.39, 0.29) is 24.8 Å². The average molecular weight is 411 g/mol. The van der Waals surface area contributed by atoms with Gasteiger partial charge >= 0.3 is 11.9 Å². The van der Waals surface area contributed by atoms with E-state index < -0.39 is 0 Å². The first-order valence-corrected chi connectivity index (χ1v) is 12.0. The second-order valence-electron chi connectivity index (χ2n) is 8.35. The maximum atomic E-state index is 11.7. The van der Waals surface area contributed by atoms with Crippen LogP contribution in [0.4, 0.5) is 0 Å². The number of esters is 2. The molecule has 29 heavy (non-hydrogen) atoms. The Morgan fingerprint density at radius 3 is 1.86 bits per heavy atom. The molecule has 0 aliphatic rings. The second-order valence-corrected chi connectivity index (χ2v) is 8.35. The van der Waals surface area contributed by atoms with Gasteiger partial charge in [-0.2, -0.15) is 0 Å². The summed E-state index contributed by atoms with van der Waals surface area (Å²) in [7, 11) is 0. The predicted molar refractivity (Wildman–Crippen MR) is 121 cm³/mol. The molecule has 0 N–H and O–H groups in total. The van der Waals surface area contributed by atoms with Crippen LogP contribution in [-0.4, -0.2) is 25.2 Å². The van der Waals surface area contributed by atoms with Crippen LogP contribution in [-0.2, 0) is 19.1 Å². The highest BCUT2D eigenvalue weighted by Crippen LogP contribution is 2.10. The van der Waals surface area contributed by atoms with Crippen molar-refractivity contribution in [2.45, 2.75) is 117 Å². The molecule has 0 saturated carbocycles. The zero-order chi connectivity index (χ0) is 21.6. The monoisotopic (exact) mass is 410 g/mol. The summed E-state index contributed by atoms with van der Waals surface area (Å²) in [5.74, 6) is 0.183. The molecule has 0 bridgehead atoms. The molecule has 0 fully saturated rings. The molecule has 0 atom stereocenters. The van der Waals surface area contributed by atoms with Gasteiger partial charge in [-0.25, -0.2) is 0 Å². The van der Waals surface area contributed by atoms with Crippen LogP contribution in [0, 0.1) is 5.92 Å². The van der Waals surface area contributed by atoms with E-state index >= 15 is 0 Å². The summed E-state index contributed by atoms with van der Waals surface area (Å²) < 4.78 is 10.4. The number of hydrogen-bond acceptors (Lipinski definition) is 4. The van der Waals surface area contributed by atoms with Gasteiger partial charge in [0.2, 0.25) is 0 Å².